The lowest BCUT2D eigenvalue weighted by molar-refractivity contribution is -0.154. The molecule has 7 heteroatoms. The highest BCUT2D eigenvalue weighted by Crippen LogP contribution is 2.26. The Bertz CT molecular complexity index is 825. The zero-order chi connectivity index (χ0) is 18.8. The molecule has 1 aromatic heterocycles. The first kappa shape index (κ1) is 17.6. The van der Waals surface area contributed by atoms with Crippen molar-refractivity contribution >= 4 is 11.9 Å². The van der Waals surface area contributed by atoms with Crippen molar-refractivity contribution in [2.75, 3.05) is 19.7 Å². The fourth-order valence-corrected chi connectivity index (χ4v) is 3.75. The summed E-state index contributed by atoms with van der Waals surface area (Å²) in [6.45, 7) is 2.77. The number of ether oxygens (including phenoxy) is 1. The third kappa shape index (κ3) is 3.84. The van der Waals surface area contributed by atoms with E-state index in [0.717, 1.165) is 24.3 Å². The maximum absolute atomic E-state index is 12.4. The minimum Gasteiger partial charge on any atom is -0.478 e. The molecule has 2 aromatic rings. The van der Waals surface area contributed by atoms with Crippen LogP contribution in [0.3, 0.4) is 0 Å². The van der Waals surface area contributed by atoms with Crippen LogP contribution in [0.5, 0.6) is 0 Å². The smallest absolute Gasteiger partial charge is 0.335 e. The van der Waals surface area contributed by atoms with Gasteiger partial charge in [0.25, 0.3) is 0 Å². The second-order valence-electron chi connectivity index (χ2n) is 6.96. The average Bonchev–Trinajstić information content (AvgIpc) is 3.08. The number of hydrogen-bond acceptors (Lipinski definition) is 5. The predicted molar refractivity (Wildman–Crippen MR) is 97.0 cm³/mol. The van der Waals surface area contributed by atoms with Gasteiger partial charge in [-0.05, 0) is 29.8 Å². The largest absolute Gasteiger partial charge is 0.478 e. The number of aromatic nitrogens is 1. The van der Waals surface area contributed by atoms with Crippen molar-refractivity contribution in [1.29, 1.82) is 0 Å². The van der Waals surface area contributed by atoms with Crippen LogP contribution < -0.4 is 0 Å². The number of nitrogens with zero attached hydrogens (tertiary/aromatic N) is 3. The van der Waals surface area contributed by atoms with Gasteiger partial charge in [0.1, 0.15) is 6.61 Å². The van der Waals surface area contributed by atoms with Gasteiger partial charge in [-0.15, -0.1) is 0 Å². The summed E-state index contributed by atoms with van der Waals surface area (Å²) in [5, 5.41) is 9.01. The van der Waals surface area contributed by atoms with Crippen LogP contribution in [0, 0.1) is 0 Å². The lowest BCUT2D eigenvalue weighted by atomic mass is 10.1. The van der Waals surface area contributed by atoms with E-state index in [2.05, 4.69) is 9.88 Å². The summed E-state index contributed by atoms with van der Waals surface area (Å²) in [6, 6.07) is 12.6. The van der Waals surface area contributed by atoms with Gasteiger partial charge in [0.2, 0.25) is 5.91 Å². The number of carboxylic acid groups (broad SMARTS) is 1. The van der Waals surface area contributed by atoms with Gasteiger partial charge in [-0.25, -0.2) is 4.79 Å². The van der Waals surface area contributed by atoms with Crippen LogP contribution in [-0.4, -0.2) is 63.6 Å². The summed E-state index contributed by atoms with van der Waals surface area (Å²) in [4.78, 5) is 31.8. The summed E-state index contributed by atoms with van der Waals surface area (Å²) in [7, 11) is 0. The van der Waals surface area contributed by atoms with Gasteiger partial charge in [0.15, 0.2) is 0 Å². The molecule has 0 bridgehead atoms. The van der Waals surface area contributed by atoms with Gasteiger partial charge in [-0.1, -0.05) is 18.2 Å². The Balaban J connectivity index is 1.44. The van der Waals surface area contributed by atoms with Crippen LogP contribution in [0.25, 0.3) is 0 Å². The predicted octanol–water partition coefficient (Wildman–Crippen LogP) is 1.39. The Morgan fingerprint density at radius 2 is 1.96 bits per heavy atom. The molecule has 2 atom stereocenters. The van der Waals surface area contributed by atoms with E-state index in [1.54, 1.807) is 18.3 Å². The van der Waals surface area contributed by atoms with E-state index in [4.69, 9.17) is 9.84 Å². The van der Waals surface area contributed by atoms with Crippen molar-refractivity contribution < 1.29 is 19.4 Å². The lowest BCUT2D eigenvalue weighted by Crippen LogP contribution is -2.53. The number of benzene rings is 1. The number of carbonyl (C=O) groups is 2. The molecule has 1 amide bonds. The number of morpholine rings is 1. The van der Waals surface area contributed by atoms with E-state index in [0.29, 0.717) is 13.1 Å². The van der Waals surface area contributed by atoms with Gasteiger partial charge >= 0.3 is 5.97 Å². The normalized spacial score (nSPS) is 22.7. The number of carboxylic acids is 1. The SMILES string of the molecule is O=C(O)c1ccc(CN2C[C@@H]3OCC(=O)N(Cc4ccccn4)[C@@H]3C2)cc1. The van der Waals surface area contributed by atoms with Crippen LogP contribution in [0.15, 0.2) is 48.7 Å². The number of pyridine rings is 1. The molecule has 2 aliphatic heterocycles. The van der Waals surface area contributed by atoms with Crippen LogP contribution in [0.2, 0.25) is 0 Å². The third-order valence-corrected chi connectivity index (χ3v) is 5.12. The highest BCUT2D eigenvalue weighted by Gasteiger charge is 2.43. The van der Waals surface area contributed by atoms with Crippen molar-refractivity contribution in [2.24, 2.45) is 0 Å². The fraction of sp³-hybridized carbons (Fsp3) is 0.350. The first-order chi connectivity index (χ1) is 13.1. The summed E-state index contributed by atoms with van der Waals surface area (Å²) >= 11 is 0. The van der Waals surface area contributed by atoms with Gasteiger partial charge in [-0.3, -0.25) is 14.7 Å². The summed E-state index contributed by atoms with van der Waals surface area (Å²) in [5.41, 5.74) is 2.19. The Morgan fingerprint density at radius 3 is 2.67 bits per heavy atom. The van der Waals surface area contributed by atoms with Gasteiger partial charge in [-0.2, -0.15) is 0 Å². The molecule has 0 radical (unpaired) electrons. The Morgan fingerprint density at radius 1 is 1.15 bits per heavy atom. The van der Waals surface area contributed by atoms with Crippen LogP contribution in [0.4, 0.5) is 0 Å². The molecule has 2 saturated heterocycles. The number of fused-ring (bicyclic) bond motifs is 1. The number of aromatic carboxylic acids is 1. The Hall–Kier alpha value is -2.77. The van der Waals surface area contributed by atoms with Crippen molar-refractivity contribution in [3.05, 3.63) is 65.5 Å². The van der Waals surface area contributed by atoms with Crippen molar-refractivity contribution in [3.63, 3.8) is 0 Å². The monoisotopic (exact) mass is 367 g/mol. The van der Waals surface area contributed by atoms with Gasteiger partial charge in [0.05, 0.1) is 29.9 Å². The van der Waals surface area contributed by atoms with E-state index < -0.39 is 5.97 Å². The van der Waals surface area contributed by atoms with Crippen molar-refractivity contribution in [2.45, 2.75) is 25.2 Å². The number of likely N-dealkylation sites (tertiary alicyclic amines) is 1. The summed E-state index contributed by atoms with van der Waals surface area (Å²) in [6.07, 6.45) is 1.73. The minimum atomic E-state index is -0.925. The molecule has 1 aromatic carbocycles. The quantitative estimate of drug-likeness (QED) is 0.860. The second kappa shape index (κ2) is 7.46. The topological polar surface area (TPSA) is 83.0 Å². The molecular formula is C20H21N3O4. The molecule has 0 aliphatic carbocycles. The summed E-state index contributed by atoms with van der Waals surface area (Å²) in [5.74, 6) is -0.930. The third-order valence-electron chi connectivity index (χ3n) is 5.12. The van der Waals surface area contributed by atoms with Crippen LogP contribution in [0.1, 0.15) is 21.6 Å². The average molecular weight is 367 g/mol. The molecular weight excluding hydrogens is 346 g/mol. The zero-order valence-electron chi connectivity index (χ0n) is 14.8. The van der Waals surface area contributed by atoms with Crippen LogP contribution in [-0.2, 0) is 22.6 Å². The number of amides is 1. The molecule has 7 nitrogen and oxygen atoms in total. The lowest BCUT2D eigenvalue weighted by Gasteiger charge is -2.36. The van der Waals surface area contributed by atoms with E-state index in [9.17, 15) is 9.59 Å². The Kier molecular flexibility index (Phi) is 4.87. The highest BCUT2D eigenvalue weighted by atomic mass is 16.5. The highest BCUT2D eigenvalue weighted by molar-refractivity contribution is 5.87. The second-order valence-corrected chi connectivity index (χ2v) is 6.96. The van der Waals surface area contributed by atoms with Crippen molar-refractivity contribution in [1.82, 2.24) is 14.8 Å². The van der Waals surface area contributed by atoms with Gasteiger partial charge in [0, 0.05) is 25.8 Å². The number of rotatable bonds is 5. The Labute approximate surface area is 157 Å². The molecule has 2 aliphatic rings. The molecule has 1 N–H and O–H groups in total. The molecule has 3 heterocycles. The molecule has 0 spiro atoms. The number of carbonyl (C=O) groups excluding carboxylic acids is 1. The first-order valence-corrected chi connectivity index (χ1v) is 8.96. The molecule has 4 rings (SSSR count). The molecule has 140 valence electrons. The van der Waals surface area contributed by atoms with Crippen molar-refractivity contribution in [3.8, 4) is 0 Å². The fourth-order valence-electron chi connectivity index (χ4n) is 3.75. The molecule has 0 saturated carbocycles. The van der Waals surface area contributed by atoms with Crippen LogP contribution >= 0.6 is 0 Å². The first-order valence-electron chi connectivity index (χ1n) is 8.96. The van der Waals surface area contributed by atoms with E-state index in [-0.39, 0.29) is 30.2 Å². The zero-order valence-corrected chi connectivity index (χ0v) is 14.8. The number of hydrogen-bond donors (Lipinski definition) is 1. The maximum atomic E-state index is 12.4. The maximum Gasteiger partial charge on any atom is 0.335 e. The van der Waals surface area contributed by atoms with E-state index >= 15 is 0 Å². The molecule has 27 heavy (non-hydrogen) atoms. The molecule has 2 fully saturated rings. The minimum absolute atomic E-state index is 0.00503. The standard InChI is InChI=1S/C20H21N3O4/c24-19-13-27-18-12-22(9-14-4-6-15(7-5-14)20(25)26)11-17(18)23(19)10-16-3-1-2-8-21-16/h1-8,17-18H,9-13H2,(H,25,26)/t17-,18+/m1/s1. The van der Waals surface area contributed by atoms with E-state index in [1.807, 2.05) is 35.2 Å². The van der Waals surface area contributed by atoms with E-state index in [1.165, 1.54) is 0 Å². The van der Waals surface area contributed by atoms with Gasteiger partial charge < -0.3 is 14.7 Å². The molecule has 0 unspecified atom stereocenters. The summed E-state index contributed by atoms with van der Waals surface area (Å²) < 4.78 is 5.77.